The Balaban J connectivity index is 1.97. The number of urea groups is 1. The fourth-order valence-electron chi connectivity index (χ4n) is 3.33. The SMILES string of the molecule is Cc1ccc(-c2cc(CC(C)C)nc(C)c2NC(=O)N2CCOCC2)cc1. The standard InChI is InChI=1S/C22H29N3O2/c1-15(2)13-19-14-20(18-7-5-16(3)6-8-18)21(17(4)23-19)24-22(26)25-9-11-27-12-10-25/h5-8,14-15H,9-13H2,1-4H3,(H,24,26). The molecule has 0 bridgehead atoms. The molecule has 1 aromatic heterocycles. The third kappa shape index (κ3) is 4.86. The molecule has 2 amide bonds. The molecule has 0 radical (unpaired) electrons. The third-order valence-electron chi connectivity index (χ3n) is 4.76. The van der Waals surface area contributed by atoms with E-state index in [1.807, 2.05) is 6.92 Å². The molecule has 1 aliphatic rings. The van der Waals surface area contributed by atoms with Gasteiger partial charge in [0.15, 0.2) is 0 Å². The highest BCUT2D eigenvalue weighted by molar-refractivity contribution is 5.95. The summed E-state index contributed by atoms with van der Waals surface area (Å²) in [4.78, 5) is 19.3. The van der Waals surface area contributed by atoms with Gasteiger partial charge in [-0.25, -0.2) is 4.79 Å². The maximum absolute atomic E-state index is 12.8. The Bertz CT molecular complexity index is 794. The van der Waals surface area contributed by atoms with Crippen LogP contribution in [0.2, 0.25) is 0 Å². The Kier molecular flexibility index (Phi) is 6.11. The topological polar surface area (TPSA) is 54.5 Å². The predicted octanol–water partition coefficient (Wildman–Crippen LogP) is 4.43. The number of aryl methyl sites for hydroxylation is 2. The summed E-state index contributed by atoms with van der Waals surface area (Å²) < 4.78 is 5.35. The molecule has 1 fully saturated rings. The number of nitrogens with one attached hydrogen (secondary N) is 1. The van der Waals surface area contributed by atoms with Crippen LogP contribution in [0.5, 0.6) is 0 Å². The maximum Gasteiger partial charge on any atom is 0.322 e. The molecule has 27 heavy (non-hydrogen) atoms. The summed E-state index contributed by atoms with van der Waals surface area (Å²) in [5, 5.41) is 3.11. The van der Waals surface area contributed by atoms with E-state index in [1.54, 1.807) is 4.90 Å². The van der Waals surface area contributed by atoms with E-state index in [0.717, 1.165) is 34.6 Å². The number of benzene rings is 1. The molecular weight excluding hydrogens is 338 g/mol. The second-order valence-electron chi connectivity index (χ2n) is 7.62. The van der Waals surface area contributed by atoms with Crippen LogP contribution in [0.25, 0.3) is 11.1 Å². The summed E-state index contributed by atoms with van der Waals surface area (Å²) in [5.41, 5.74) is 6.04. The zero-order chi connectivity index (χ0) is 19.4. The van der Waals surface area contributed by atoms with Crippen molar-refractivity contribution in [2.45, 2.75) is 34.1 Å². The van der Waals surface area contributed by atoms with E-state index in [2.05, 4.69) is 56.4 Å². The van der Waals surface area contributed by atoms with Crippen molar-refractivity contribution in [1.82, 2.24) is 9.88 Å². The van der Waals surface area contributed by atoms with Crippen molar-refractivity contribution in [3.63, 3.8) is 0 Å². The normalized spacial score (nSPS) is 14.5. The first-order chi connectivity index (χ1) is 12.9. The van der Waals surface area contributed by atoms with Crippen molar-refractivity contribution < 1.29 is 9.53 Å². The molecule has 1 saturated heterocycles. The molecule has 1 aromatic carbocycles. The summed E-state index contributed by atoms with van der Waals surface area (Å²) in [6.07, 6.45) is 0.914. The van der Waals surface area contributed by atoms with Crippen LogP contribution >= 0.6 is 0 Å². The molecule has 1 aliphatic heterocycles. The molecule has 0 unspecified atom stereocenters. The van der Waals surface area contributed by atoms with Gasteiger partial charge in [-0.05, 0) is 37.8 Å². The Labute approximate surface area is 161 Å². The van der Waals surface area contributed by atoms with E-state index in [0.29, 0.717) is 32.2 Å². The molecule has 144 valence electrons. The molecular formula is C22H29N3O2. The third-order valence-corrected chi connectivity index (χ3v) is 4.76. The Morgan fingerprint density at radius 2 is 1.85 bits per heavy atom. The van der Waals surface area contributed by atoms with Crippen LogP contribution in [-0.4, -0.2) is 42.2 Å². The van der Waals surface area contributed by atoms with Crippen LogP contribution in [0.4, 0.5) is 10.5 Å². The van der Waals surface area contributed by atoms with E-state index < -0.39 is 0 Å². The molecule has 3 rings (SSSR count). The average molecular weight is 367 g/mol. The van der Waals surface area contributed by atoms with Crippen LogP contribution < -0.4 is 5.32 Å². The first-order valence-electron chi connectivity index (χ1n) is 9.65. The van der Waals surface area contributed by atoms with E-state index >= 15 is 0 Å². The summed E-state index contributed by atoms with van der Waals surface area (Å²) >= 11 is 0. The molecule has 0 atom stereocenters. The van der Waals surface area contributed by atoms with Gasteiger partial charge >= 0.3 is 6.03 Å². The number of hydrogen-bond acceptors (Lipinski definition) is 3. The van der Waals surface area contributed by atoms with Gasteiger partial charge in [0.05, 0.1) is 24.6 Å². The molecule has 2 heterocycles. The lowest BCUT2D eigenvalue weighted by atomic mass is 9.98. The van der Waals surface area contributed by atoms with Gasteiger partial charge in [-0.1, -0.05) is 43.7 Å². The average Bonchev–Trinajstić information content (AvgIpc) is 2.64. The highest BCUT2D eigenvalue weighted by atomic mass is 16.5. The van der Waals surface area contributed by atoms with Gasteiger partial charge in [0.1, 0.15) is 0 Å². The Morgan fingerprint density at radius 1 is 1.19 bits per heavy atom. The molecule has 1 N–H and O–H groups in total. The summed E-state index contributed by atoms with van der Waals surface area (Å²) in [6.45, 7) is 10.8. The smallest absolute Gasteiger partial charge is 0.322 e. The number of anilines is 1. The highest BCUT2D eigenvalue weighted by Gasteiger charge is 2.20. The minimum Gasteiger partial charge on any atom is -0.378 e. The number of hydrogen-bond donors (Lipinski definition) is 1. The first-order valence-corrected chi connectivity index (χ1v) is 9.65. The molecule has 0 spiro atoms. The number of amides is 2. The van der Waals surface area contributed by atoms with Gasteiger partial charge in [0.25, 0.3) is 0 Å². The second kappa shape index (κ2) is 8.53. The fourth-order valence-corrected chi connectivity index (χ4v) is 3.33. The van der Waals surface area contributed by atoms with Gasteiger partial charge < -0.3 is 15.0 Å². The molecule has 5 nitrogen and oxygen atoms in total. The van der Waals surface area contributed by atoms with Gasteiger partial charge in [-0.2, -0.15) is 0 Å². The lowest BCUT2D eigenvalue weighted by molar-refractivity contribution is 0.0564. The number of nitrogens with zero attached hydrogens (tertiary/aromatic N) is 2. The summed E-state index contributed by atoms with van der Waals surface area (Å²) in [6, 6.07) is 10.4. The van der Waals surface area contributed by atoms with E-state index in [9.17, 15) is 4.79 Å². The van der Waals surface area contributed by atoms with Crippen LogP contribution in [-0.2, 0) is 11.2 Å². The number of morpholine rings is 1. The van der Waals surface area contributed by atoms with E-state index in [1.165, 1.54) is 5.56 Å². The van der Waals surface area contributed by atoms with Gasteiger partial charge in [-0.15, -0.1) is 0 Å². The number of ether oxygens (including phenoxy) is 1. The Morgan fingerprint density at radius 3 is 2.48 bits per heavy atom. The summed E-state index contributed by atoms with van der Waals surface area (Å²) in [7, 11) is 0. The zero-order valence-electron chi connectivity index (χ0n) is 16.7. The van der Waals surface area contributed by atoms with Gasteiger partial charge in [0, 0.05) is 24.3 Å². The van der Waals surface area contributed by atoms with Crippen LogP contribution in [0.1, 0.15) is 30.8 Å². The van der Waals surface area contributed by atoms with Crippen LogP contribution in [0, 0.1) is 19.8 Å². The van der Waals surface area contributed by atoms with Crippen LogP contribution in [0.3, 0.4) is 0 Å². The highest BCUT2D eigenvalue weighted by Crippen LogP contribution is 2.32. The maximum atomic E-state index is 12.8. The van der Waals surface area contributed by atoms with Gasteiger partial charge in [-0.3, -0.25) is 4.98 Å². The van der Waals surface area contributed by atoms with Crippen molar-refractivity contribution in [2.24, 2.45) is 5.92 Å². The lowest BCUT2D eigenvalue weighted by Crippen LogP contribution is -2.43. The Hall–Kier alpha value is -2.40. The minimum absolute atomic E-state index is 0.0897. The number of carbonyl (C=O) groups is 1. The van der Waals surface area contributed by atoms with E-state index in [-0.39, 0.29) is 6.03 Å². The lowest BCUT2D eigenvalue weighted by Gasteiger charge is -2.28. The second-order valence-corrected chi connectivity index (χ2v) is 7.62. The van der Waals surface area contributed by atoms with E-state index in [4.69, 9.17) is 9.72 Å². The summed E-state index contributed by atoms with van der Waals surface area (Å²) in [5.74, 6) is 0.525. The number of carbonyl (C=O) groups excluding carboxylic acids is 1. The van der Waals surface area contributed by atoms with Crippen molar-refractivity contribution in [3.8, 4) is 11.1 Å². The molecule has 0 saturated carbocycles. The molecule has 2 aromatic rings. The van der Waals surface area contributed by atoms with Gasteiger partial charge in [0.2, 0.25) is 0 Å². The minimum atomic E-state index is -0.0897. The first kappa shape index (κ1) is 19.4. The van der Waals surface area contributed by atoms with Crippen LogP contribution in [0.15, 0.2) is 30.3 Å². The number of aromatic nitrogens is 1. The quantitative estimate of drug-likeness (QED) is 0.870. The zero-order valence-corrected chi connectivity index (χ0v) is 16.7. The van der Waals surface area contributed by atoms with Crippen molar-refractivity contribution >= 4 is 11.7 Å². The number of pyridine rings is 1. The van der Waals surface area contributed by atoms with Crippen molar-refractivity contribution in [1.29, 1.82) is 0 Å². The molecule has 0 aliphatic carbocycles. The monoisotopic (exact) mass is 367 g/mol. The number of rotatable bonds is 4. The largest absolute Gasteiger partial charge is 0.378 e. The molecule has 5 heteroatoms. The predicted molar refractivity (Wildman–Crippen MR) is 109 cm³/mol. The van der Waals surface area contributed by atoms with Crippen molar-refractivity contribution in [3.05, 3.63) is 47.3 Å². The fraction of sp³-hybridized carbons (Fsp3) is 0.455. The van der Waals surface area contributed by atoms with Crippen molar-refractivity contribution in [2.75, 3.05) is 31.6 Å².